The Morgan fingerprint density at radius 2 is 1.86 bits per heavy atom. The molecule has 0 fully saturated rings. The highest BCUT2D eigenvalue weighted by Gasteiger charge is 2.38. The molecule has 0 radical (unpaired) electrons. The van der Waals surface area contributed by atoms with Crippen molar-refractivity contribution in [2.24, 2.45) is 0 Å². The highest BCUT2D eigenvalue weighted by molar-refractivity contribution is 7.98. The molecular formula is C21H17F3N2OS. The zero-order chi connectivity index (χ0) is 19.7. The molecule has 0 saturated heterocycles. The van der Waals surface area contributed by atoms with Crippen molar-refractivity contribution in [1.29, 1.82) is 0 Å². The average Bonchev–Trinajstić information content (AvgIpc) is 2.73. The molecule has 3 nitrogen and oxygen atoms in total. The van der Waals surface area contributed by atoms with E-state index in [-0.39, 0.29) is 5.56 Å². The van der Waals surface area contributed by atoms with Gasteiger partial charge in [0.15, 0.2) is 0 Å². The number of rotatable bonds is 4. The van der Waals surface area contributed by atoms with Gasteiger partial charge in [0.05, 0.1) is 18.7 Å². The number of nitrogens with zero attached hydrogens (tertiary/aromatic N) is 2. The van der Waals surface area contributed by atoms with E-state index in [4.69, 9.17) is 4.74 Å². The SMILES string of the molecule is CSc1nc(C(F)(F)c2ccc(F)cc2)nc2cc(C3=CCOCC3)ccc12. The van der Waals surface area contributed by atoms with Gasteiger partial charge in [0, 0.05) is 10.9 Å². The maximum Gasteiger partial charge on any atom is 0.331 e. The number of ether oxygens (including phenoxy) is 1. The van der Waals surface area contributed by atoms with Gasteiger partial charge >= 0.3 is 5.92 Å². The molecule has 2 heterocycles. The summed E-state index contributed by atoms with van der Waals surface area (Å²) in [6.45, 7) is 1.18. The minimum Gasteiger partial charge on any atom is -0.377 e. The smallest absolute Gasteiger partial charge is 0.331 e. The second-order valence-corrected chi connectivity index (χ2v) is 7.22. The first-order valence-electron chi connectivity index (χ1n) is 8.76. The zero-order valence-electron chi connectivity index (χ0n) is 15.1. The molecule has 7 heteroatoms. The van der Waals surface area contributed by atoms with Crippen LogP contribution in [-0.2, 0) is 10.7 Å². The quantitative estimate of drug-likeness (QED) is 0.430. The minimum absolute atomic E-state index is 0.344. The van der Waals surface area contributed by atoms with Crippen LogP contribution in [0.4, 0.5) is 13.2 Å². The van der Waals surface area contributed by atoms with Crippen molar-refractivity contribution >= 4 is 28.2 Å². The minimum atomic E-state index is -3.43. The molecule has 1 aliphatic rings. The van der Waals surface area contributed by atoms with Crippen LogP contribution in [0.5, 0.6) is 0 Å². The number of halogens is 3. The van der Waals surface area contributed by atoms with Crippen molar-refractivity contribution in [1.82, 2.24) is 9.97 Å². The number of fused-ring (bicyclic) bond motifs is 1. The molecule has 0 atom stereocenters. The van der Waals surface area contributed by atoms with Gasteiger partial charge in [-0.05, 0) is 60.2 Å². The Balaban J connectivity index is 1.84. The van der Waals surface area contributed by atoms with Gasteiger partial charge in [-0.3, -0.25) is 0 Å². The van der Waals surface area contributed by atoms with E-state index in [0.29, 0.717) is 23.8 Å². The van der Waals surface area contributed by atoms with Gasteiger partial charge in [0.2, 0.25) is 5.82 Å². The average molecular weight is 402 g/mol. The summed E-state index contributed by atoms with van der Waals surface area (Å²) in [5, 5.41) is 1.21. The van der Waals surface area contributed by atoms with E-state index < -0.39 is 17.6 Å². The van der Waals surface area contributed by atoms with Crippen LogP contribution in [0, 0.1) is 5.82 Å². The lowest BCUT2D eigenvalue weighted by Gasteiger charge is -2.18. The Labute approximate surface area is 164 Å². The molecule has 0 unspecified atom stereocenters. The van der Waals surface area contributed by atoms with Crippen LogP contribution in [0.1, 0.15) is 23.4 Å². The number of alkyl halides is 2. The molecule has 0 N–H and O–H groups in total. The lowest BCUT2D eigenvalue weighted by atomic mass is 10.00. The molecule has 144 valence electrons. The zero-order valence-corrected chi connectivity index (χ0v) is 15.9. The third-order valence-electron chi connectivity index (χ3n) is 4.68. The molecular weight excluding hydrogens is 385 g/mol. The van der Waals surface area contributed by atoms with E-state index in [2.05, 4.69) is 9.97 Å². The van der Waals surface area contributed by atoms with E-state index in [1.807, 2.05) is 24.3 Å². The van der Waals surface area contributed by atoms with Crippen LogP contribution in [0.2, 0.25) is 0 Å². The third-order valence-corrected chi connectivity index (χ3v) is 5.37. The monoisotopic (exact) mass is 402 g/mol. The number of benzene rings is 2. The molecule has 1 aromatic heterocycles. The van der Waals surface area contributed by atoms with E-state index in [9.17, 15) is 4.39 Å². The second-order valence-electron chi connectivity index (χ2n) is 6.42. The fourth-order valence-electron chi connectivity index (χ4n) is 3.17. The molecule has 0 spiro atoms. The second kappa shape index (κ2) is 7.56. The summed E-state index contributed by atoms with van der Waals surface area (Å²) in [6, 6.07) is 9.78. The van der Waals surface area contributed by atoms with Crippen LogP contribution >= 0.6 is 11.8 Å². The number of hydrogen-bond donors (Lipinski definition) is 0. The van der Waals surface area contributed by atoms with Crippen molar-refractivity contribution in [3.05, 3.63) is 71.3 Å². The molecule has 0 aliphatic carbocycles. The molecule has 28 heavy (non-hydrogen) atoms. The summed E-state index contributed by atoms with van der Waals surface area (Å²) in [7, 11) is 0. The molecule has 0 amide bonds. The van der Waals surface area contributed by atoms with Gasteiger partial charge in [-0.25, -0.2) is 14.4 Å². The van der Waals surface area contributed by atoms with Gasteiger partial charge in [-0.2, -0.15) is 8.78 Å². The number of thioether (sulfide) groups is 1. The Bertz CT molecular complexity index is 1050. The van der Waals surface area contributed by atoms with Crippen LogP contribution in [0.25, 0.3) is 16.5 Å². The number of hydrogen-bond acceptors (Lipinski definition) is 4. The van der Waals surface area contributed by atoms with Crippen molar-refractivity contribution in [3.8, 4) is 0 Å². The van der Waals surface area contributed by atoms with Crippen LogP contribution in [0.15, 0.2) is 53.6 Å². The van der Waals surface area contributed by atoms with Gasteiger partial charge in [0.25, 0.3) is 0 Å². The van der Waals surface area contributed by atoms with Crippen LogP contribution < -0.4 is 0 Å². The van der Waals surface area contributed by atoms with E-state index in [1.54, 1.807) is 6.26 Å². The normalized spacial score (nSPS) is 14.9. The fraction of sp³-hybridized carbons (Fsp3) is 0.238. The summed E-state index contributed by atoms with van der Waals surface area (Å²) in [4.78, 5) is 8.29. The number of aromatic nitrogens is 2. The van der Waals surface area contributed by atoms with E-state index in [0.717, 1.165) is 47.2 Å². The lowest BCUT2D eigenvalue weighted by Crippen LogP contribution is -2.19. The first kappa shape index (κ1) is 19.0. The topological polar surface area (TPSA) is 35.0 Å². The summed E-state index contributed by atoms with van der Waals surface area (Å²) in [6.07, 6.45) is 4.55. The largest absolute Gasteiger partial charge is 0.377 e. The van der Waals surface area contributed by atoms with Gasteiger partial charge < -0.3 is 4.74 Å². The molecule has 2 aromatic carbocycles. The highest BCUT2D eigenvalue weighted by atomic mass is 32.2. The fourth-order valence-corrected chi connectivity index (χ4v) is 3.74. The third kappa shape index (κ3) is 3.52. The maximum atomic E-state index is 15.0. The standard InChI is InChI=1S/C21H17F3N2OS/c1-28-19-17-7-2-14(13-8-10-27-11-9-13)12-18(17)25-20(26-19)21(23,24)15-3-5-16(22)6-4-15/h2-8,12H,9-11H2,1H3. The van der Waals surface area contributed by atoms with Crippen molar-refractivity contribution in [2.75, 3.05) is 19.5 Å². The predicted molar refractivity (Wildman–Crippen MR) is 104 cm³/mol. The Morgan fingerprint density at radius 3 is 2.54 bits per heavy atom. The summed E-state index contributed by atoms with van der Waals surface area (Å²) in [5.74, 6) is -4.59. The summed E-state index contributed by atoms with van der Waals surface area (Å²) in [5.41, 5.74) is 2.17. The molecule has 3 aromatic rings. The highest BCUT2D eigenvalue weighted by Crippen LogP contribution is 2.36. The molecule has 1 aliphatic heterocycles. The predicted octanol–water partition coefficient (Wildman–Crippen LogP) is 5.43. The lowest BCUT2D eigenvalue weighted by molar-refractivity contribution is 0.0325. The van der Waals surface area contributed by atoms with E-state index >= 15 is 8.78 Å². The Kier molecular flexibility index (Phi) is 5.12. The summed E-state index contributed by atoms with van der Waals surface area (Å²) >= 11 is 1.29. The first-order chi connectivity index (χ1) is 13.5. The van der Waals surface area contributed by atoms with Gasteiger partial charge in [-0.15, -0.1) is 11.8 Å². The van der Waals surface area contributed by atoms with Gasteiger partial charge in [0.1, 0.15) is 10.8 Å². The maximum absolute atomic E-state index is 15.0. The first-order valence-corrected chi connectivity index (χ1v) is 9.99. The van der Waals surface area contributed by atoms with Crippen molar-refractivity contribution in [2.45, 2.75) is 17.4 Å². The van der Waals surface area contributed by atoms with Crippen molar-refractivity contribution in [3.63, 3.8) is 0 Å². The van der Waals surface area contributed by atoms with Crippen LogP contribution in [-0.4, -0.2) is 29.4 Å². The molecule has 0 bridgehead atoms. The van der Waals surface area contributed by atoms with E-state index in [1.165, 1.54) is 11.8 Å². The van der Waals surface area contributed by atoms with Crippen LogP contribution in [0.3, 0.4) is 0 Å². The summed E-state index contributed by atoms with van der Waals surface area (Å²) < 4.78 is 48.5. The Hall–Kier alpha value is -2.38. The Morgan fingerprint density at radius 1 is 1.07 bits per heavy atom. The molecule has 4 rings (SSSR count). The van der Waals surface area contributed by atoms with Gasteiger partial charge in [-0.1, -0.05) is 12.1 Å². The van der Waals surface area contributed by atoms with Crippen molar-refractivity contribution < 1.29 is 17.9 Å². The molecule has 0 saturated carbocycles.